The first-order chi connectivity index (χ1) is 28.0. The minimum Gasteiger partial charge on any atom is -0.462 e. The van der Waals surface area contributed by atoms with Crippen molar-refractivity contribution in [3.05, 3.63) is 12.2 Å². The molecule has 6 nitrogen and oxygen atoms in total. The summed E-state index contributed by atoms with van der Waals surface area (Å²) < 4.78 is 16.8. The molecule has 0 N–H and O–H groups in total. The van der Waals surface area contributed by atoms with Crippen molar-refractivity contribution >= 4 is 17.9 Å². The lowest BCUT2D eigenvalue weighted by molar-refractivity contribution is -0.167. The number of rotatable bonds is 46. The van der Waals surface area contributed by atoms with Crippen molar-refractivity contribution in [3.8, 4) is 0 Å². The van der Waals surface area contributed by atoms with Gasteiger partial charge in [0.15, 0.2) is 6.10 Å². The number of carbonyl (C=O) groups is 3. The second-order valence-electron chi connectivity index (χ2n) is 17.1. The zero-order valence-corrected chi connectivity index (χ0v) is 38.4. The number of carbonyl (C=O) groups excluding carboxylic acids is 3. The Morgan fingerprint density at radius 2 is 0.579 bits per heavy atom. The summed E-state index contributed by atoms with van der Waals surface area (Å²) in [6.45, 7) is 6.64. The van der Waals surface area contributed by atoms with Gasteiger partial charge < -0.3 is 14.2 Å². The molecule has 0 rings (SSSR count). The quantitative estimate of drug-likeness (QED) is 0.0264. The van der Waals surface area contributed by atoms with E-state index in [4.69, 9.17) is 14.2 Å². The van der Waals surface area contributed by atoms with Crippen molar-refractivity contribution < 1.29 is 28.6 Å². The Balaban J connectivity index is 4.33. The van der Waals surface area contributed by atoms with Crippen LogP contribution in [0, 0.1) is 0 Å². The van der Waals surface area contributed by atoms with E-state index < -0.39 is 6.10 Å². The van der Waals surface area contributed by atoms with Gasteiger partial charge in [0.1, 0.15) is 13.2 Å². The number of allylic oxidation sites excluding steroid dienone is 2. The lowest BCUT2D eigenvalue weighted by atomic mass is 10.0. The molecule has 0 spiro atoms. The molecule has 0 aromatic rings. The lowest BCUT2D eigenvalue weighted by Gasteiger charge is -2.18. The van der Waals surface area contributed by atoms with Crippen molar-refractivity contribution in [2.24, 2.45) is 0 Å². The zero-order valence-electron chi connectivity index (χ0n) is 38.4. The first-order valence-corrected chi connectivity index (χ1v) is 25.2. The molecule has 57 heavy (non-hydrogen) atoms. The molecule has 0 saturated carbocycles. The van der Waals surface area contributed by atoms with Crippen LogP contribution in [0.3, 0.4) is 0 Å². The summed E-state index contributed by atoms with van der Waals surface area (Å²) in [4.78, 5) is 37.9. The van der Waals surface area contributed by atoms with Gasteiger partial charge in [-0.25, -0.2) is 0 Å². The van der Waals surface area contributed by atoms with Gasteiger partial charge in [0.05, 0.1) is 0 Å². The summed E-state index contributed by atoms with van der Waals surface area (Å²) in [6, 6.07) is 0. The highest BCUT2D eigenvalue weighted by Crippen LogP contribution is 2.16. The van der Waals surface area contributed by atoms with Crippen molar-refractivity contribution in [2.75, 3.05) is 13.2 Å². The molecule has 0 bridgehead atoms. The highest BCUT2D eigenvalue weighted by Gasteiger charge is 2.19. The average molecular weight is 805 g/mol. The Morgan fingerprint density at radius 3 is 0.877 bits per heavy atom. The number of esters is 3. The number of hydrogen-bond acceptors (Lipinski definition) is 6. The van der Waals surface area contributed by atoms with Gasteiger partial charge in [-0.3, -0.25) is 14.4 Å². The van der Waals surface area contributed by atoms with E-state index in [1.54, 1.807) is 0 Å². The molecule has 6 heteroatoms. The largest absolute Gasteiger partial charge is 0.462 e. The van der Waals surface area contributed by atoms with Gasteiger partial charge in [-0.1, -0.05) is 226 Å². The molecule has 0 aromatic carbocycles. The summed E-state index contributed by atoms with van der Waals surface area (Å²) in [5.41, 5.74) is 0. The summed E-state index contributed by atoms with van der Waals surface area (Å²) in [6.07, 6.45) is 50.4. The maximum atomic E-state index is 12.8. The average Bonchev–Trinajstić information content (AvgIpc) is 3.21. The van der Waals surface area contributed by atoms with Crippen molar-refractivity contribution in [1.82, 2.24) is 0 Å². The Kier molecular flexibility index (Phi) is 45.3. The van der Waals surface area contributed by atoms with E-state index >= 15 is 0 Å². The minimum absolute atomic E-state index is 0.0675. The Hall–Kier alpha value is -1.85. The van der Waals surface area contributed by atoms with Crippen LogP contribution in [-0.4, -0.2) is 37.2 Å². The van der Waals surface area contributed by atoms with E-state index in [-0.39, 0.29) is 31.1 Å². The van der Waals surface area contributed by atoms with Gasteiger partial charge in [-0.15, -0.1) is 0 Å². The van der Waals surface area contributed by atoms with Crippen LogP contribution < -0.4 is 0 Å². The maximum absolute atomic E-state index is 12.8. The Labute approximate surface area is 354 Å². The normalized spacial score (nSPS) is 12.0. The molecule has 0 aliphatic heterocycles. The van der Waals surface area contributed by atoms with Gasteiger partial charge in [0, 0.05) is 19.3 Å². The van der Waals surface area contributed by atoms with Crippen LogP contribution in [0.1, 0.15) is 278 Å². The second kappa shape index (κ2) is 46.8. The molecule has 0 aromatic heterocycles. The molecular weight excluding hydrogens is 709 g/mol. The number of hydrogen-bond donors (Lipinski definition) is 0. The van der Waals surface area contributed by atoms with Gasteiger partial charge in [0.2, 0.25) is 0 Å². The van der Waals surface area contributed by atoms with Crippen LogP contribution in [-0.2, 0) is 28.6 Å². The highest BCUT2D eigenvalue weighted by atomic mass is 16.6. The van der Waals surface area contributed by atoms with E-state index in [0.717, 1.165) is 64.2 Å². The fourth-order valence-electron chi connectivity index (χ4n) is 7.44. The summed E-state index contributed by atoms with van der Waals surface area (Å²) in [5, 5.41) is 0. The van der Waals surface area contributed by atoms with Gasteiger partial charge >= 0.3 is 17.9 Å². The predicted octanol–water partition coefficient (Wildman–Crippen LogP) is 16.2. The molecule has 0 unspecified atom stereocenters. The second-order valence-corrected chi connectivity index (χ2v) is 17.1. The summed E-state index contributed by atoms with van der Waals surface area (Å²) in [7, 11) is 0. The van der Waals surface area contributed by atoms with Gasteiger partial charge in [0.25, 0.3) is 0 Å². The van der Waals surface area contributed by atoms with E-state index in [0.29, 0.717) is 19.3 Å². The van der Waals surface area contributed by atoms with Crippen LogP contribution in [0.15, 0.2) is 12.2 Å². The number of unbranched alkanes of at least 4 members (excludes halogenated alkanes) is 33. The van der Waals surface area contributed by atoms with Gasteiger partial charge in [-0.2, -0.15) is 0 Å². The zero-order chi connectivity index (χ0) is 41.5. The molecule has 336 valence electrons. The molecule has 0 aliphatic rings. The van der Waals surface area contributed by atoms with Crippen LogP contribution in [0.5, 0.6) is 0 Å². The maximum Gasteiger partial charge on any atom is 0.306 e. The topological polar surface area (TPSA) is 78.9 Å². The van der Waals surface area contributed by atoms with Crippen LogP contribution in [0.25, 0.3) is 0 Å². The van der Waals surface area contributed by atoms with Crippen LogP contribution in [0.4, 0.5) is 0 Å². The summed E-state index contributed by atoms with van der Waals surface area (Å²) >= 11 is 0. The summed E-state index contributed by atoms with van der Waals surface area (Å²) in [5.74, 6) is -0.862. The molecule has 1 atom stereocenters. The van der Waals surface area contributed by atoms with E-state index in [2.05, 4.69) is 32.9 Å². The van der Waals surface area contributed by atoms with Crippen molar-refractivity contribution in [3.63, 3.8) is 0 Å². The van der Waals surface area contributed by atoms with Gasteiger partial charge in [-0.05, 0) is 44.9 Å². The molecule has 0 amide bonds. The molecule has 0 saturated heterocycles. The standard InChI is InChI=1S/C51H96O6/c1-4-7-10-13-16-19-22-24-26-29-32-35-38-41-44-50(53)56-47-48(46-55-49(52)43-40-37-34-31-28-21-18-15-12-9-6-3)57-51(54)45-42-39-36-33-30-27-25-23-20-17-14-11-8-5-2/h22,24,48H,4-21,23,25-47H2,1-3H3/b24-22-/t48-/m1/s1. The van der Waals surface area contributed by atoms with E-state index in [9.17, 15) is 14.4 Å². The van der Waals surface area contributed by atoms with E-state index in [1.165, 1.54) is 173 Å². The fourth-order valence-corrected chi connectivity index (χ4v) is 7.44. The van der Waals surface area contributed by atoms with Crippen LogP contribution in [0.2, 0.25) is 0 Å². The number of ether oxygens (including phenoxy) is 3. The monoisotopic (exact) mass is 805 g/mol. The Bertz CT molecular complexity index is 885. The highest BCUT2D eigenvalue weighted by molar-refractivity contribution is 5.71. The molecule has 0 heterocycles. The van der Waals surface area contributed by atoms with E-state index in [1.807, 2.05) is 0 Å². The smallest absolute Gasteiger partial charge is 0.306 e. The fraction of sp³-hybridized carbons (Fsp3) is 0.902. The predicted molar refractivity (Wildman–Crippen MR) is 243 cm³/mol. The first-order valence-electron chi connectivity index (χ1n) is 25.2. The Morgan fingerprint density at radius 1 is 0.333 bits per heavy atom. The molecule has 0 radical (unpaired) electrons. The van der Waals surface area contributed by atoms with Crippen molar-refractivity contribution in [1.29, 1.82) is 0 Å². The third-order valence-corrected chi connectivity index (χ3v) is 11.3. The van der Waals surface area contributed by atoms with Crippen molar-refractivity contribution in [2.45, 2.75) is 284 Å². The SMILES string of the molecule is CCCCCCC/C=C\CCCCCCCC(=O)OC[C@@H](COC(=O)CCCCCCCCCCCCC)OC(=O)CCCCCCCCCCCCCCCC. The minimum atomic E-state index is -0.765. The molecule has 0 aliphatic carbocycles. The molecule has 0 fully saturated rings. The third kappa shape index (κ3) is 45.1. The lowest BCUT2D eigenvalue weighted by Crippen LogP contribution is -2.30. The third-order valence-electron chi connectivity index (χ3n) is 11.3. The first kappa shape index (κ1) is 55.2. The van der Waals surface area contributed by atoms with Crippen LogP contribution >= 0.6 is 0 Å². The molecular formula is C51H96O6.